The Kier molecular flexibility index (Phi) is 5.41. The molecule has 0 aliphatic carbocycles. The zero-order valence-electron chi connectivity index (χ0n) is 13.6. The highest BCUT2D eigenvalue weighted by atomic mass is 16.7. The van der Waals surface area contributed by atoms with Crippen molar-refractivity contribution >= 4 is 7.32 Å². The topological polar surface area (TPSA) is 27.7 Å². The van der Waals surface area contributed by atoms with E-state index in [0.29, 0.717) is 17.2 Å². The number of para-hydroxylation sites is 2. The van der Waals surface area contributed by atoms with E-state index in [2.05, 4.69) is 6.92 Å². The van der Waals surface area contributed by atoms with Gasteiger partial charge >= 0.3 is 7.32 Å². The van der Waals surface area contributed by atoms with Crippen molar-refractivity contribution in [3.8, 4) is 17.2 Å². The molecule has 0 fully saturated rings. The molecule has 0 radical (unpaired) electrons. The highest BCUT2D eigenvalue weighted by molar-refractivity contribution is 6.39. The molecule has 0 aliphatic rings. The second kappa shape index (κ2) is 8.11. The maximum absolute atomic E-state index is 5.88. The van der Waals surface area contributed by atoms with E-state index in [1.807, 2.05) is 84.9 Å². The number of rotatable bonds is 7. The SMILES string of the molecule is CCc1ccc(OB(Oc2ccccc2)Oc2ccccc2)cc1. The van der Waals surface area contributed by atoms with Gasteiger partial charge in [-0.1, -0.05) is 55.5 Å². The third-order valence-electron chi connectivity index (χ3n) is 3.51. The van der Waals surface area contributed by atoms with Gasteiger partial charge in [-0.3, -0.25) is 0 Å². The minimum atomic E-state index is -0.873. The van der Waals surface area contributed by atoms with Gasteiger partial charge in [0.25, 0.3) is 0 Å². The summed E-state index contributed by atoms with van der Waals surface area (Å²) in [6, 6.07) is 26.9. The quantitative estimate of drug-likeness (QED) is 0.587. The maximum Gasteiger partial charge on any atom is 0.864 e. The van der Waals surface area contributed by atoms with E-state index in [0.717, 1.165) is 6.42 Å². The highest BCUT2D eigenvalue weighted by Gasteiger charge is 2.30. The van der Waals surface area contributed by atoms with Gasteiger partial charge in [0.15, 0.2) is 0 Å². The molecule has 0 bridgehead atoms. The Morgan fingerprint density at radius 2 is 1.00 bits per heavy atom. The molecule has 3 aromatic rings. The highest BCUT2D eigenvalue weighted by Crippen LogP contribution is 2.18. The number of hydrogen-bond acceptors (Lipinski definition) is 3. The lowest BCUT2D eigenvalue weighted by atomic mass is 10.1. The molecular formula is C20H19BO3. The van der Waals surface area contributed by atoms with Crippen LogP contribution in [0.15, 0.2) is 84.9 Å². The second-order valence-corrected chi connectivity index (χ2v) is 5.27. The van der Waals surface area contributed by atoms with E-state index in [-0.39, 0.29) is 0 Å². The molecule has 0 aliphatic heterocycles. The van der Waals surface area contributed by atoms with Crippen molar-refractivity contribution in [2.75, 3.05) is 0 Å². The summed E-state index contributed by atoms with van der Waals surface area (Å²) in [6.45, 7) is 2.12. The van der Waals surface area contributed by atoms with E-state index in [9.17, 15) is 0 Å². The van der Waals surface area contributed by atoms with Crippen LogP contribution in [0.1, 0.15) is 12.5 Å². The molecule has 0 unspecified atom stereocenters. The first-order valence-electron chi connectivity index (χ1n) is 8.02. The Morgan fingerprint density at radius 1 is 0.583 bits per heavy atom. The first-order valence-corrected chi connectivity index (χ1v) is 8.02. The summed E-state index contributed by atoms with van der Waals surface area (Å²) in [6.07, 6.45) is 0.991. The van der Waals surface area contributed by atoms with Crippen molar-refractivity contribution in [2.45, 2.75) is 13.3 Å². The van der Waals surface area contributed by atoms with Crippen molar-refractivity contribution < 1.29 is 14.0 Å². The third-order valence-corrected chi connectivity index (χ3v) is 3.51. The van der Waals surface area contributed by atoms with Gasteiger partial charge in [-0.15, -0.1) is 0 Å². The Labute approximate surface area is 143 Å². The van der Waals surface area contributed by atoms with Gasteiger partial charge in [-0.05, 0) is 48.4 Å². The fourth-order valence-corrected chi connectivity index (χ4v) is 2.21. The van der Waals surface area contributed by atoms with Crippen molar-refractivity contribution in [1.82, 2.24) is 0 Å². The molecule has 24 heavy (non-hydrogen) atoms. The molecule has 3 rings (SSSR count). The van der Waals surface area contributed by atoms with Crippen LogP contribution in [0.3, 0.4) is 0 Å². The van der Waals surface area contributed by atoms with E-state index in [4.69, 9.17) is 14.0 Å². The van der Waals surface area contributed by atoms with Crippen LogP contribution in [0, 0.1) is 0 Å². The van der Waals surface area contributed by atoms with E-state index in [1.54, 1.807) is 0 Å². The lowest BCUT2D eigenvalue weighted by molar-refractivity contribution is 0.307. The lowest BCUT2D eigenvalue weighted by Crippen LogP contribution is -2.36. The van der Waals surface area contributed by atoms with Crippen molar-refractivity contribution in [3.05, 3.63) is 90.5 Å². The van der Waals surface area contributed by atoms with Crippen LogP contribution in [-0.2, 0) is 6.42 Å². The summed E-state index contributed by atoms with van der Waals surface area (Å²) in [7, 11) is -0.873. The number of hydrogen-bond donors (Lipinski definition) is 0. The predicted molar refractivity (Wildman–Crippen MR) is 96.3 cm³/mol. The monoisotopic (exact) mass is 318 g/mol. The summed E-state index contributed by atoms with van der Waals surface area (Å²) in [4.78, 5) is 0. The van der Waals surface area contributed by atoms with Gasteiger partial charge < -0.3 is 14.0 Å². The summed E-state index contributed by atoms with van der Waals surface area (Å²) >= 11 is 0. The van der Waals surface area contributed by atoms with Gasteiger partial charge in [-0.2, -0.15) is 0 Å². The Bertz CT molecular complexity index is 688. The normalized spacial score (nSPS) is 10.0. The Morgan fingerprint density at radius 3 is 1.42 bits per heavy atom. The lowest BCUT2D eigenvalue weighted by Gasteiger charge is -2.16. The van der Waals surface area contributed by atoms with Crippen LogP contribution in [-0.4, -0.2) is 7.32 Å². The molecule has 0 N–H and O–H groups in total. The molecule has 3 nitrogen and oxygen atoms in total. The minimum Gasteiger partial charge on any atom is -0.490 e. The van der Waals surface area contributed by atoms with Crippen molar-refractivity contribution in [2.24, 2.45) is 0 Å². The molecule has 0 aromatic heterocycles. The summed E-state index contributed by atoms with van der Waals surface area (Å²) in [5, 5.41) is 0. The number of aryl methyl sites for hydroxylation is 1. The van der Waals surface area contributed by atoms with Crippen LogP contribution >= 0.6 is 0 Å². The van der Waals surface area contributed by atoms with Crippen LogP contribution in [0.2, 0.25) is 0 Å². The molecule has 0 saturated heterocycles. The zero-order valence-corrected chi connectivity index (χ0v) is 13.6. The second-order valence-electron chi connectivity index (χ2n) is 5.27. The summed E-state index contributed by atoms with van der Waals surface area (Å²) in [5.74, 6) is 2.07. The average molecular weight is 318 g/mol. The molecule has 0 atom stereocenters. The predicted octanol–water partition coefficient (Wildman–Crippen LogP) is 4.77. The Balaban J connectivity index is 1.75. The van der Waals surface area contributed by atoms with Crippen LogP contribution in [0.5, 0.6) is 17.2 Å². The van der Waals surface area contributed by atoms with Crippen molar-refractivity contribution in [1.29, 1.82) is 0 Å². The van der Waals surface area contributed by atoms with E-state index in [1.165, 1.54) is 5.56 Å². The molecule has 0 heterocycles. The van der Waals surface area contributed by atoms with Crippen LogP contribution in [0.25, 0.3) is 0 Å². The van der Waals surface area contributed by atoms with Gasteiger partial charge in [0.05, 0.1) is 0 Å². The first kappa shape index (κ1) is 16.0. The fourth-order valence-electron chi connectivity index (χ4n) is 2.21. The molecular weight excluding hydrogens is 299 g/mol. The molecule has 4 heteroatoms. The maximum atomic E-state index is 5.88. The minimum absolute atomic E-state index is 0.684. The smallest absolute Gasteiger partial charge is 0.490 e. The largest absolute Gasteiger partial charge is 0.864 e. The van der Waals surface area contributed by atoms with Gasteiger partial charge in [-0.25, -0.2) is 0 Å². The third kappa shape index (κ3) is 4.56. The van der Waals surface area contributed by atoms with Gasteiger partial charge in [0.1, 0.15) is 17.2 Å². The Hall–Kier alpha value is -2.88. The van der Waals surface area contributed by atoms with Gasteiger partial charge in [0, 0.05) is 0 Å². The average Bonchev–Trinajstić information content (AvgIpc) is 2.64. The molecule has 0 spiro atoms. The standard InChI is InChI=1S/C20H19BO3/c1-2-17-13-15-20(16-14-17)24-21(22-18-9-5-3-6-10-18)23-19-11-7-4-8-12-19/h3-16H,2H2,1H3. The molecule has 0 saturated carbocycles. The van der Waals surface area contributed by atoms with Gasteiger partial charge in [0.2, 0.25) is 0 Å². The number of benzene rings is 3. The van der Waals surface area contributed by atoms with E-state index < -0.39 is 7.32 Å². The molecule has 120 valence electrons. The van der Waals surface area contributed by atoms with E-state index >= 15 is 0 Å². The zero-order chi connectivity index (χ0) is 16.6. The van der Waals surface area contributed by atoms with Crippen molar-refractivity contribution in [3.63, 3.8) is 0 Å². The molecule has 3 aromatic carbocycles. The van der Waals surface area contributed by atoms with Crippen LogP contribution < -0.4 is 14.0 Å². The first-order chi connectivity index (χ1) is 11.8. The summed E-state index contributed by atoms with van der Waals surface area (Å²) in [5.41, 5.74) is 1.26. The fraction of sp³-hybridized carbons (Fsp3) is 0.100. The molecule has 0 amide bonds. The van der Waals surface area contributed by atoms with Crippen LogP contribution in [0.4, 0.5) is 0 Å². The summed E-state index contributed by atoms with van der Waals surface area (Å²) < 4.78 is 17.5.